The largest absolute Gasteiger partial charge is 0.381 e. The SMILES string of the molecule is C=CC(=C)C(=C)C=CN(C)CC. The normalized spacial score (nSPS) is 9.83. The molecule has 0 N–H and O–H groups in total. The average Bonchev–Trinajstić information content (AvgIpc) is 2.11. The molecule has 66 valence electrons. The minimum absolute atomic E-state index is 0.871. The van der Waals surface area contributed by atoms with Crippen molar-refractivity contribution in [2.75, 3.05) is 13.6 Å². The minimum Gasteiger partial charge on any atom is -0.381 e. The van der Waals surface area contributed by atoms with Crippen molar-refractivity contribution in [3.05, 3.63) is 49.2 Å². The zero-order valence-electron chi connectivity index (χ0n) is 8.01. The first-order valence-corrected chi connectivity index (χ1v) is 4.00. The van der Waals surface area contributed by atoms with E-state index in [1.54, 1.807) is 6.08 Å². The number of hydrogen-bond donors (Lipinski definition) is 0. The van der Waals surface area contributed by atoms with Crippen molar-refractivity contribution in [3.63, 3.8) is 0 Å². The molecule has 0 bridgehead atoms. The van der Waals surface area contributed by atoms with E-state index in [4.69, 9.17) is 0 Å². The van der Waals surface area contributed by atoms with E-state index in [1.807, 2.05) is 19.3 Å². The van der Waals surface area contributed by atoms with Gasteiger partial charge in [-0.1, -0.05) is 25.8 Å². The van der Waals surface area contributed by atoms with Crippen LogP contribution in [-0.4, -0.2) is 18.5 Å². The van der Waals surface area contributed by atoms with Crippen LogP contribution in [0.25, 0.3) is 0 Å². The van der Waals surface area contributed by atoms with Crippen molar-refractivity contribution in [2.24, 2.45) is 0 Å². The van der Waals surface area contributed by atoms with Gasteiger partial charge in [-0.05, 0) is 30.3 Å². The lowest BCUT2D eigenvalue weighted by Crippen LogP contribution is -2.08. The maximum absolute atomic E-state index is 3.85. The molecule has 0 aromatic heterocycles. The highest BCUT2D eigenvalue weighted by Gasteiger charge is 1.90. The Morgan fingerprint density at radius 3 is 2.33 bits per heavy atom. The van der Waals surface area contributed by atoms with Crippen LogP contribution in [0.4, 0.5) is 0 Å². The molecule has 0 heterocycles. The molecule has 1 heteroatoms. The Kier molecular flexibility index (Phi) is 4.86. The molecule has 0 saturated carbocycles. The molecule has 0 unspecified atom stereocenters. The summed E-state index contributed by atoms with van der Waals surface area (Å²) in [6.07, 6.45) is 5.63. The van der Waals surface area contributed by atoms with E-state index in [9.17, 15) is 0 Å². The highest BCUT2D eigenvalue weighted by Crippen LogP contribution is 2.07. The summed E-state index contributed by atoms with van der Waals surface area (Å²) in [4.78, 5) is 2.07. The van der Waals surface area contributed by atoms with Gasteiger partial charge in [-0.15, -0.1) is 0 Å². The molecule has 0 spiro atoms. The number of nitrogens with zero attached hydrogens (tertiary/aromatic N) is 1. The fraction of sp³-hybridized carbons (Fsp3) is 0.273. The van der Waals surface area contributed by atoms with E-state index in [0.29, 0.717) is 0 Å². The van der Waals surface area contributed by atoms with Gasteiger partial charge >= 0.3 is 0 Å². The molecule has 0 aromatic carbocycles. The van der Waals surface area contributed by atoms with Crippen LogP contribution < -0.4 is 0 Å². The Morgan fingerprint density at radius 2 is 1.92 bits per heavy atom. The standard InChI is InChI=1S/C11H17N/c1-6-10(3)11(4)8-9-12(5)7-2/h6,8-9H,1,3-4,7H2,2,5H3. The monoisotopic (exact) mass is 163 g/mol. The molecule has 1 nitrogen and oxygen atoms in total. The molecule has 0 aromatic rings. The fourth-order valence-corrected chi connectivity index (χ4v) is 0.561. The van der Waals surface area contributed by atoms with Crippen LogP contribution in [0.2, 0.25) is 0 Å². The molecule has 0 atom stereocenters. The zero-order valence-corrected chi connectivity index (χ0v) is 8.01. The molecular formula is C11H17N. The van der Waals surface area contributed by atoms with Crippen molar-refractivity contribution in [1.82, 2.24) is 4.90 Å². The molecule has 0 aliphatic carbocycles. The maximum atomic E-state index is 3.85. The van der Waals surface area contributed by atoms with Gasteiger partial charge in [-0.25, -0.2) is 0 Å². The predicted octanol–water partition coefficient (Wildman–Crippen LogP) is 2.75. The van der Waals surface area contributed by atoms with Gasteiger partial charge in [0.05, 0.1) is 0 Å². The highest BCUT2D eigenvalue weighted by molar-refractivity contribution is 5.41. The summed E-state index contributed by atoms with van der Waals surface area (Å²) >= 11 is 0. The number of hydrogen-bond acceptors (Lipinski definition) is 1. The molecular weight excluding hydrogens is 146 g/mol. The summed E-state index contributed by atoms with van der Waals surface area (Å²) in [7, 11) is 2.01. The molecule has 0 fully saturated rings. The van der Waals surface area contributed by atoms with Crippen molar-refractivity contribution < 1.29 is 0 Å². The van der Waals surface area contributed by atoms with E-state index < -0.39 is 0 Å². The third-order valence-corrected chi connectivity index (χ3v) is 1.69. The van der Waals surface area contributed by atoms with E-state index in [0.717, 1.165) is 17.7 Å². The minimum atomic E-state index is 0.871. The third kappa shape index (κ3) is 3.81. The van der Waals surface area contributed by atoms with Gasteiger partial charge < -0.3 is 4.90 Å². The maximum Gasteiger partial charge on any atom is 0.0140 e. The smallest absolute Gasteiger partial charge is 0.0140 e. The summed E-state index contributed by atoms with van der Waals surface area (Å²) in [6, 6.07) is 0. The molecule has 12 heavy (non-hydrogen) atoms. The first kappa shape index (κ1) is 10.8. The van der Waals surface area contributed by atoms with Crippen molar-refractivity contribution in [3.8, 4) is 0 Å². The van der Waals surface area contributed by atoms with Crippen LogP contribution >= 0.6 is 0 Å². The van der Waals surface area contributed by atoms with Crippen molar-refractivity contribution >= 4 is 0 Å². The van der Waals surface area contributed by atoms with Gasteiger partial charge in [0.25, 0.3) is 0 Å². The lowest BCUT2D eigenvalue weighted by molar-refractivity contribution is 0.484. The molecule has 0 rings (SSSR count). The van der Waals surface area contributed by atoms with Gasteiger partial charge in [0.15, 0.2) is 0 Å². The number of allylic oxidation sites excluding steroid dienone is 4. The number of rotatable bonds is 5. The summed E-state index contributed by atoms with van der Waals surface area (Å²) in [5.41, 5.74) is 1.78. The molecule has 0 aliphatic heterocycles. The van der Waals surface area contributed by atoms with Crippen LogP contribution in [0.1, 0.15) is 6.92 Å². The summed E-state index contributed by atoms with van der Waals surface area (Å²) in [5, 5.41) is 0. The second-order valence-electron chi connectivity index (χ2n) is 2.64. The van der Waals surface area contributed by atoms with E-state index >= 15 is 0 Å². The van der Waals surface area contributed by atoms with Crippen molar-refractivity contribution in [2.45, 2.75) is 6.92 Å². The zero-order chi connectivity index (χ0) is 9.56. The Labute approximate surface area is 75.4 Å². The van der Waals surface area contributed by atoms with E-state index in [2.05, 4.69) is 31.6 Å². The second kappa shape index (κ2) is 5.42. The first-order chi connectivity index (χ1) is 5.61. The van der Waals surface area contributed by atoms with E-state index in [1.165, 1.54) is 0 Å². The van der Waals surface area contributed by atoms with Crippen LogP contribution in [0.5, 0.6) is 0 Å². The summed E-state index contributed by atoms with van der Waals surface area (Å²) in [5.74, 6) is 0. The molecule has 0 amide bonds. The van der Waals surface area contributed by atoms with Gasteiger partial charge in [0, 0.05) is 13.6 Å². The Hall–Kier alpha value is -1.24. The Bertz CT molecular complexity index is 211. The first-order valence-electron chi connectivity index (χ1n) is 4.00. The average molecular weight is 163 g/mol. The Morgan fingerprint density at radius 1 is 1.33 bits per heavy atom. The predicted molar refractivity (Wildman–Crippen MR) is 55.9 cm³/mol. The fourth-order valence-electron chi connectivity index (χ4n) is 0.561. The van der Waals surface area contributed by atoms with Crippen LogP contribution in [0.3, 0.4) is 0 Å². The van der Waals surface area contributed by atoms with Gasteiger partial charge in [0.2, 0.25) is 0 Å². The lowest BCUT2D eigenvalue weighted by atomic mass is 10.1. The quantitative estimate of drug-likeness (QED) is 0.563. The van der Waals surface area contributed by atoms with Crippen LogP contribution in [0, 0.1) is 0 Å². The van der Waals surface area contributed by atoms with E-state index in [-0.39, 0.29) is 0 Å². The molecule has 0 aliphatic rings. The lowest BCUT2D eigenvalue weighted by Gasteiger charge is -2.09. The van der Waals surface area contributed by atoms with Gasteiger partial charge in [0.1, 0.15) is 0 Å². The molecule has 0 radical (unpaired) electrons. The van der Waals surface area contributed by atoms with Gasteiger partial charge in [-0.3, -0.25) is 0 Å². The van der Waals surface area contributed by atoms with Gasteiger partial charge in [-0.2, -0.15) is 0 Å². The topological polar surface area (TPSA) is 3.24 Å². The summed E-state index contributed by atoms with van der Waals surface area (Å²) < 4.78 is 0. The third-order valence-electron chi connectivity index (χ3n) is 1.69. The van der Waals surface area contributed by atoms with Crippen molar-refractivity contribution in [1.29, 1.82) is 0 Å². The summed E-state index contributed by atoms with van der Waals surface area (Å²) in [6.45, 7) is 14.3. The Balaban J connectivity index is 4.08. The highest BCUT2D eigenvalue weighted by atomic mass is 15.1. The van der Waals surface area contributed by atoms with Crippen LogP contribution in [0.15, 0.2) is 49.2 Å². The van der Waals surface area contributed by atoms with Crippen LogP contribution in [-0.2, 0) is 0 Å². The second-order valence-corrected chi connectivity index (χ2v) is 2.64. The molecule has 0 saturated heterocycles.